The second-order valence-corrected chi connectivity index (χ2v) is 7.09. The van der Waals surface area contributed by atoms with Gasteiger partial charge in [-0.15, -0.1) is 11.8 Å². The lowest BCUT2D eigenvalue weighted by Crippen LogP contribution is -2.30. The van der Waals surface area contributed by atoms with Crippen molar-refractivity contribution < 1.29 is 23.7 Å². The van der Waals surface area contributed by atoms with Gasteiger partial charge in [0.2, 0.25) is 0 Å². The molecule has 1 aliphatic rings. The lowest BCUT2D eigenvalue weighted by atomic mass is 10.1. The molecule has 6 nitrogen and oxygen atoms in total. The van der Waals surface area contributed by atoms with Crippen molar-refractivity contribution in [2.24, 2.45) is 0 Å². The highest BCUT2D eigenvalue weighted by Crippen LogP contribution is 2.46. The van der Waals surface area contributed by atoms with Crippen LogP contribution in [0.25, 0.3) is 0 Å². The Bertz CT molecular complexity index is 826. The summed E-state index contributed by atoms with van der Waals surface area (Å²) in [6.45, 7) is 0.656. The van der Waals surface area contributed by atoms with Crippen LogP contribution in [-0.4, -0.2) is 51.5 Å². The van der Waals surface area contributed by atoms with Crippen molar-refractivity contribution in [3.05, 3.63) is 47.5 Å². The summed E-state index contributed by atoms with van der Waals surface area (Å²) >= 11 is 1.70. The second kappa shape index (κ2) is 8.43. The zero-order chi connectivity index (χ0) is 19.4. The molecule has 1 unspecified atom stereocenters. The third kappa shape index (κ3) is 3.78. The van der Waals surface area contributed by atoms with Crippen LogP contribution in [-0.2, 0) is 0 Å². The minimum absolute atomic E-state index is 0.0410. The number of amides is 1. The smallest absolute Gasteiger partial charge is 0.255 e. The fraction of sp³-hybridized carbons (Fsp3) is 0.350. The van der Waals surface area contributed by atoms with Gasteiger partial charge >= 0.3 is 0 Å². The molecule has 0 bridgehead atoms. The topological polar surface area (TPSA) is 57.2 Å². The van der Waals surface area contributed by atoms with Crippen LogP contribution in [0, 0.1) is 0 Å². The van der Waals surface area contributed by atoms with E-state index in [1.807, 2.05) is 23.1 Å². The van der Waals surface area contributed by atoms with Gasteiger partial charge in [-0.1, -0.05) is 6.07 Å². The Kier molecular flexibility index (Phi) is 6.01. The number of carbonyl (C=O) groups is 1. The van der Waals surface area contributed by atoms with Gasteiger partial charge in [-0.2, -0.15) is 0 Å². The monoisotopic (exact) mass is 389 g/mol. The van der Waals surface area contributed by atoms with Gasteiger partial charge < -0.3 is 23.8 Å². The first-order chi connectivity index (χ1) is 13.1. The Morgan fingerprint density at radius 1 is 0.963 bits per heavy atom. The summed E-state index contributed by atoms with van der Waals surface area (Å²) in [5, 5.41) is -0.168. The summed E-state index contributed by atoms with van der Waals surface area (Å²) in [6.07, 6.45) is 0. The van der Waals surface area contributed by atoms with E-state index in [9.17, 15) is 4.79 Å². The van der Waals surface area contributed by atoms with Crippen LogP contribution >= 0.6 is 11.8 Å². The van der Waals surface area contributed by atoms with Crippen molar-refractivity contribution in [3.63, 3.8) is 0 Å². The number of ether oxygens (including phenoxy) is 4. The average molecular weight is 389 g/mol. The molecule has 0 spiro atoms. The highest BCUT2D eigenvalue weighted by atomic mass is 32.2. The molecule has 1 atom stereocenters. The fourth-order valence-corrected chi connectivity index (χ4v) is 4.37. The number of thioether (sulfide) groups is 1. The zero-order valence-corrected chi connectivity index (χ0v) is 16.7. The summed E-state index contributed by atoms with van der Waals surface area (Å²) in [5.74, 6) is 3.32. The number of nitrogens with zero attached hydrogens (tertiary/aromatic N) is 1. The number of carbonyl (C=O) groups excluding carboxylic acids is 1. The van der Waals surface area contributed by atoms with E-state index in [1.54, 1.807) is 58.4 Å². The highest BCUT2D eigenvalue weighted by molar-refractivity contribution is 7.99. The molecule has 2 aromatic carbocycles. The molecule has 3 rings (SSSR count). The second-order valence-electron chi connectivity index (χ2n) is 5.90. The lowest BCUT2D eigenvalue weighted by molar-refractivity contribution is 0.0758. The Morgan fingerprint density at radius 2 is 1.67 bits per heavy atom. The van der Waals surface area contributed by atoms with Gasteiger partial charge in [0.05, 0.1) is 28.4 Å². The molecule has 144 valence electrons. The Hall–Kier alpha value is -2.54. The lowest BCUT2D eigenvalue weighted by Gasteiger charge is -2.26. The van der Waals surface area contributed by atoms with Gasteiger partial charge in [0.15, 0.2) is 11.5 Å². The largest absolute Gasteiger partial charge is 0.497 e. The van der Waals surface area contributed by atoms with Gasteiger partial charge in [-0.25, -0.2) is 0 Å². The van der Waals surface area contributed by atoms with Crippen LogP contribution in [0.4, 0.5) is 0 Å². The van der Waals surface area contributed by atoms with Gasteiger partial charge in [0, 0.05) is 29.5 Å². The number of benzene rings is 2. The van der Waals surface area contributed by atoms with Crippen molar-refractivity contribution >= 4 is 17.7 Å². The van der Waals surface area contributed by atoms with E-state index in [0.717, 1.165) is 11.3 Å². The Morgan fingerprint density at radius 3 is 2.33 bits per heavy atom. The van der Waals surface area contributed by atoms with Gasteiger partial charge in [0.25, 0.3) is 5.91 Å². The maximum atomic E-state index is 13.1. The van der Waals surface area contributed by atoms with Crippen LogP contribution in [0.1, 0.15) is 21.3 Å². The number of rotatable bonds is 6. The first-order valence-electron chi connectivity index (χ1n) is 8.49. The van der Waals surface area contributed by atoms with E-state index >= 15 is 0 Å². The molecule has 7 heteroatoms. The molecule has 1 heterocycles. The number of hydrogen-bond donors (Lipinski definition) is 0. The van der Waals surface area contributed by atoms with Crippen molar-refractivity contribution in [2.75, 3.05) is 40.7 Å². The molecule has 27 heavy (non-hydrogen) atoms. The first kappa shape index (κ1) is 19.2. The van der Waals surface area contributed by atoms with Crippen LogP contribution < -0.4 is 18.9 Å². The quantitative estimate of drug-likeness (QED) is 0.752. The number of methoxy groups -OCH3 is 4. The van der Waals surface area contributed by atoms with Crippen LogP contribution in [0.2, 0.25) is 0 Å². The third-order valence-electron chi connectivity index (χ3n) is 4.47. The molecular weight excluding hydrogens is 366 g/mol. The predicted octanol–water partition coefficient (Wildman–Crippen LogP) is 3.61. The maximum Gasteiger partial charge on any atom is 0.255 e. The van der Waals surface area contributed by atoms with Gasteiger partial charge in [0.1, 0.15) is 16.9 Å². The van der Waals surface area contributed by atoms with Crippen molar-refractivity contribution in [1.82, 2.24) is 4.90 Å². The molecule has 0 aliphatic carbocycles. The minimum Gasteiger partial charge on any atom is -0.497 e. The molecule has 1 saturated heterocycles. The molecule has 0 N–H and O–H groups in total. The highest BCUT2D eigenvalue weighted by Gasteiger charge is 2.34. The first-order valence-corrected chi connectivity index (χ1v) is 9.54. The summed E-state index contributed by atoms with van der Waals surface area (Å²) < 4.78 is 21.6. The maximum absolute atomic E-state index is 13.1. The molecule has 0 aromatic heterocycles. The predicted molar refractivity (Wildman–Crippen MR) is 105 cm³/mol. The van der Waals surface area contributed by atoms with Crippen molar-refractivity contribution in [3.8, 4) is 23.0 Å². The summed E-state index contributed by atoms with van der Waals surface area (Å²) in [4.78, 5) is 15.0. The van der Waals surface area contributed by atoms with E-state index in [2.05, 4.69) is 0 Å². The Labute approximate surface area is 163 Å². The van der Waals surface area contributed by atoms with Crippen LogP contribution in [0.3, 0.4) is 0 Å². The molecule has 2 aromatic rings. The van der Waals surface area contributed by atoms with Crippen molar-refractivity contribution in [1.29, 1.82) is 0 Å². The molecule has 1 fully saturated rings. The Balaban J connectivity index is 1.97. The number of hydrogen-bond acceptors (Lipinski definition) is 6. The van der Waals surface area contributed by atoms with E-state index in [0.29, 0.717) is 35.1 Å². The summed E-state index contributed by atoms with van der Waals surface area (Å²) in [6, 6.07) is 10.9. The standard InChI is InChI=1S/C20H23NO5S/c1-23-14-7-5-6-13(10-14)19(22)21-8-9-27-20(21)15-11-17(25-3)18(26-4)12-16(15)24-2/h5-7,10-12,20H,8-9H2,1-4H3. The van der Waals surface area contributed by atoms with E-state index < -0.39 is 0 Å². The SMILES string of the molecule is COc1cccc(C(=O)N2CCSC2c2cc(OC)c(OC)cc2OC)c1. The van der Waals surface area contributed by atoms with E-state index in [4.69, 9.17) is 18.9 Å². The van der Waals surface area contributed by atoms with E-state index in [1.165, 1.54) is 0 Å². The fourth-order valence-electron chi connectivity index (χ4n) is 3.10. The summed E-state index contributed by atoms with van der Waals surface area (Å²) in [5.41, 5.74) is 1.48. The normalized spacial score (nSPS) is 16.1. The minimum atomic E-state index is -0.168. The molecule has 1 amide bonds. The van der Waals surface area contributed by atoms with Crippen LogP contribution in [0.15, 0.2) is 36.4 Å². The van der Waals surface area contributed by atoms with Crippen LogP contribution in [0.5, 0.6) is 23.0 Å². The molecule has 1 aliphatic heterocycles. The molecule has 0 saturated carbocycles. The van der Waals surface area contributed by atoms with E-state index in [-0.39, 0.29) is 11.3 Å². The summed E-state index contributed by atoms with van der Waals surface area (Å²) in [7, 11) is 6.38. The molecule has 0 radical (unpaired) electrons. The molecular formula is C20H23NO5S. The van der Waals surface area contributed by atoms with Crippen molar-refractivity contribution in [2.45, 2.75) is 5.37 Å². The van der Waals surface area contributed by atoms with Gasteiger partial charge in [-0.05, 0) is 24.3 Å². The third-order valence-corrected chi connectivity index (χ3v) is 5.71. The zero-order valence-electron chi connectivity index (χ0n) is 15.9. The average Bonchev–Trinajstić information content (AvgIpc) is 3.21. The van der Waals surface area contributed by atoms with Gasteiger partial charge in [-0.3, -0.25) is 4.79 Å².